The Kier molecular flexibility index (Phi) is 6.16. The number of nitrogens with one attached hydrogen (secondary N) is 1. The van der Waals surface area contributed by atoms with E-state index in [4.69, 9.17) is 16.3 Å². The van der Waals surface area contributed by atoms with Crippen molar-refractivity contribution in [1.29, 1.82) is 0 Å². The monoisotopic (exact) mass is 401 g/mol. The number of hydrogen-bond donors (Lipinski definition) is 1. The zero-order chi connectivity index (χ0) is 20.1. The van der Waals surface area contributed by atoms with Crippen molar-refractivity contribution in [2.24, 2.45) is 0 Å². The highest BCUT2D eigenvalue weighted by molar-refractivity contribution is 6.30. The summed E-state index contributed by atoms with van der Waals surface area (Å²) in [5, 5.41) is 3.24. The molecule has 3 rings (SSSR count). The molecule has 2 aromatic rings. The zero-order valence-corrected chi connectivity index (χ0v) is 16.1. The smallest absolute Gasteiger partial charge is 0.326 e. The maximum absolute atomic E-state index is 12.3. The summed E-state index contributed by atoms with van der Waals surface area (Å²) in [7, 11) is 1.47. The van der Waals surface area contributed by atoms with Crippen molar-refractivity contribution in [1.82, 2.24) is 9.80 Å². The molecule has 0 bridgehead atoms. The van der Waals surface area contributed by atoms with Crippen LogP contribution in [0.3, 0.4) is 0 Å². The Morgan fingerprint density at radius 3 is 2.75 bits per heavy atom. The minimum absolute atomic E-state index is 0.185. The van der Waals surface area contributed by atoms with E-state index in [1.165, 1.54) is 7.05 Å². The molecule has 4 amide bonds. The van der Waals surface area contributed by atoms with E-state index in [1.54, 1.807) is 41.3 Å². The van der Waals surface area contributed by atoms with E-state index >= 15 is 0 Å². The summed E-state index contributed by atoms with van der Waals surface area (Å²) in [5.74, 6) is -0.00369. The fraction of sp³-hybridized carbons (Fsp3) is 0.250. The highest BCUT2D eigenvalue weighted by Gasteiger charge is 2.29. The Labute approximate surface area is 167 Å². The van der Waals surface area contributed by atoms with Crippen LogP contribution in [-0.2, 0) is 16.1 Å². The topological polar surface area (TPSA) is 79.0 Å². The maximum Gasteiger partial charge on any atom is 0.326 e. The first-order chi connectivity index (χ1) is 13.4. The third-order valence-electron chi connectivity index (χ3n) is 4.33. The average molecular weight is 402 g/mol. The standard InChI is InChI=1S/C20H20ClN3O4/c1-23-19(26)9-10-24(20(23)27)12-14-5-2-3-8-17(14)28-13-18(25)22-16-7-4-6-15(21)11-16/h2-8,11H,9-10,12-13H2,1H3,(H,22,25). The molecule has 1 fully saturated rings. The van der Waals surface area contributed by atoms with E-state index in [1.807, 2.05) is 12.1 Å². The number of rotatable bonds is 6. The fourth-order valence-corrected chi connectivity index (χ4v) is 3.04. The molecule has 1 heterocycles. The van der Waals surface area contributed by atoms with E-state index in [0.717, 1.165) is 10.5 Å². The van der Waals surface area contributed by atoms with Crippen LogP contribution in [0.15, 0.2) is 48.5 Å². The number of nitrogens with zero attached hydrogens (tertiary/aromatic N) is 2. The molecule has 28 heavy (non-hydrogen) atoms. The summed E-state index contributed by atoms with van der Waals surface area (Å²) in [5.41, 5.74) is 1.34. The second-order valence-corrected chi connectivity index (χ2v) is 6.80. The van der Waals surface area contributed by atoms with Crippen LogP contribution in [0, 0.1) is 0 Å². The van der Waals surface area contributed by atoms with Gasteiger partial charge in [-0.25, -0.2) is 4.79 Å². The molecule has 0 saturated carbocycles. The van der Waals surface area contributed by atoms with Gasteiger partial charge in [0.1, 0.15) is 5.75 Å². The SMILES string of the molecule is CN1C(=O)CCN(Cc2ccccc2OCC(=O)Nc2cccc(Cl)c2)C1=O. The van der Waals surface area contributed by atoms with Crippen LogP contribution in [0.5, 0.6) is 5.75 Å². The summed E-state index contributed by atoms with van der Waals surface area (Å²) < 4.78 is 5.66. The van der Waals surface area contributed by atoms with Crippen LogP contribution >= 0.6 is 11.6 Å². The van der Waals surface area contributed by atoms with Gasteiger partial charge in [-0.15, -0.1) is 0 Å². The van der Waals surface area contributed by atoms with Gasteiger partial charge >= 0.3 is 6.03 Å². The summed E-state index contributed by atoms with van der Waals surface area (Å²) in [6.07, 6.45) is 0.285. The summed E-state index contributed by atoms with van der Waals surface area (Å²) >= 11 is 5.91. The first-order valence-electron chi connectivity index (χ1n) is 8.75. The number of imide groups is 1. The molecule has 0 radical (unpaired) electrons. The molecular formula is C20H20ClN3O4. The number of carbonyl (C=O) groups excluding carboxylic acids is 3. The number of para-hydroxylation sites is 1. The molecule has 1 saturated heterocycles. The van der Waals surface area contributed by atoms with Gasteiger partial charge in [0.25, 0.3) is 5.91 Å². The highest BCUT2D eigenvalue weighted by atomic mass is 35.5. The van der Waals surface area contributed by atoms with E-state index in [-0.39, 0.29) is 30.9 Å². The molecule has 1 aliphatic heterocycles. The Morgan fingerprint density at radius 2 is 1.96 bits per heavy atom. The highest BCUT2D eigenvalue weighted by Crippen LogP contribution is 2.22. The summed E-state index contributed by atoms with van der Waals surface area (Å²) in [6, 6.07) is 13.7. The van der Waals surface area contributed by atoms with Crippen molar-refractivity contribution in [3.8, 4) is 5.75 Å². The number of carbonyl (C=O) groups is 3. The van der Waals surface area contributed by atoms with E-state index < -0.39 is 0 Å². The molecule has 0 aliphatic carbocycles. The normalized spacial score (nSPS) is 14.2. The third kappa shape index (κ3) is 4.80. The van der Waals surface area contributed by atoms with Crippen LogP contribution in [0.25, 0.3) is 0 Å². The molecule has 1 N–H and O–H groups in total. The number of ether oxygens (including phenoxy) is 1. The second kappa shape index (κ2) is 8.75. The summed E-state index contributed by atoms with van der Waals surface area (Å²) in [6.45, 7) is 0.462. The van der Waals surface area contributed by atoms with Crippen molar-refractivity contribution < 1.29 is 19.1 Å². The van der Waals surface area contributed by atoms with Gasteiger partial charge in [-0.3, -0.25) is 14.5 Å². The number of amides is 4. The molecule has 1 aliphatic rings. The number of urea groups is 1. The lowest BCUT2D eigenvalue weighted by Gasteiger charge is -2.32. The Morgan fingerprint density at radius 1 is 1.18 bits per heavy atom. The van der Waals surface area contributed by atoms with Crippen molar-refractivity contribution in [2.45, 2.75) is 13.0 Å². The Bertz CT molecular complexity index is 903. The van der Waals surface area contributed by atoms with Crippen molar-refractivity contribution >= 4 is 35.1 Å². The Balaban J connectivity index is 1.61. The number of halogens is 1. The lowest BCUT2D eigenvalue weighted by molar-refractivity contribution is -0.129. The van der Waals surface area contributed by atoms with Gasteiger partial charge in [-0.05, 0) is 24.3 Å². The first kappa shape index (κ1) is 19.7. The lowest BCUT2D eigenvalue weighted by atomic mass is 10.1. The van der Waals surface area contributed by atoms with Crippen LogP contribution in [0.1, 0.15) is 12.0 Å². The molecule has 2 aromatic carbocycles. The minimum Gasteiger partial charge on any atom is -0.483 e. The number of benzene rings is 2. The van der Waals surface area contributed by atoms with Gasteiger partial charge in [0.15, 0.2) is 6.61 Å². The molecular weight excluding hydrogens is 382 g/mol. The molecule has 0 spiro atoms. The van der Waals surface area contributed by atoms with E-state index in [2.05, 4.69) is 5.32 Å². The largest absolute Gasteiger partial charge is 0.483 e. The predicted octanol–water partition coefficient (Wildman–Crippen LogP) is 3.14. The van der Waals surface area contributed by atoms with Crippen molar-refractivity contribution in [3.63, 3.8) is 0 Å². The molecule has 7 nitrogen and oxygen atoms in total. The van der Waals surface area contributed by atoms with Crippen LogP contribution in [0.2, 0.25) is 5.02 Å². The predicted molar refractivity (Wildman–Crippen MR) is 105 cm³/mol. The van der Waals surface area contributed by atoms with Crippen molar-refractivity contribution in [3.05, 3.63) is 59.1 Å². The molecule has 8 heteroatoms. The van der Waals surface area contributed by atoms with Gasteiger partial charge in [-0.2, -0.15) is 0 Å². The lowest BCUT2D eigenvalue weighted by Crippen LogP contribution is -2.49. The maximum atomic E-state index is 12.3. The zero-order valence-electron chi connectivity index (χ0n) is 15.4. The first-order valence-corrected chi connectivity index (χ1v) is 9.13. The number of anilines is 1. The molecule has 146 valence electrons. The number of hydrogen-bond acceptors (Lipinski definition) is 4. The van der Waals surface area contributed by atoms with Gasteiger partial charge < -0.3 is 15.0 Å². The van der Waals surface area contributed by atoms with Gasteiger partial charge in [0.05, 0.1) is 6.54 Å². The average Bonchev–Trinajstić information content (AvgIpc) is 2.68. The quantitative estimate of drug-likeness (QED) is 0.806. The van der Waals surface area contributed by atoms with Crippen LogP contribution in [-0.4, -0.2) is 47.8 Å². The van der Waals surface area contributed by atoms with Crippen molar-refractivity contribution in [2.75, 3.05) is 25.5 Å². The van der Waals surface area contributed by atoms with Gasteiger partial charge in [-0.1, -0.05) is 35.9 Å². The summed E-state index contributed by atoms with van der Waals surface area (Å²) in [4.78, 5) is 38.7. The molecule has 0 atom stereocenters. The fourth-order valence-electron chi connectivity index (χ4n) is 2.85. The minimum atomic E-state index is -0.343. The van der Waals surface area contributed by atoms with Gasteiger partial charge in [0.2, 0.25) is 5.91 Å². The van der Waals surface area contributed by atoms with E-state index in [9.17, 15) is 14.4 Å². The van der Waals surface area contributed by atoms with E-state index in [0.29, 0.717) is 29.5 Å². The van der Waals surface area contributed by atoms with Gasteiger partial charge in [0, 0.05) is 36.3 Å². The molecule has 0 unspecified atom stereocenters. The van der Waals surface area contributed by atoms with Crippen LogP contribution in [0.4, 0.5) is 10.5 Å². The second-order valence-electron chi connectivity index (χ2n) is 6.36. The third-order valence-corrected chi connectivity index (χ3v) is 4.56. The Hall–Kier alpha value is -3.06. The van der Waals surface area contributed by atoms with Crippen LogP contribution < -0.4 is 10.1 Å². The molecule has 0 aromatic heterocycles.